The van der Waals surface area contributed by atoms with Crippen LogP contribution in [0, 0.1) is 0 Å². The van der Waals surface area contributed by atoms with Crippen molar-refractivity contribution in [3.05, 3.63) is 259 Å². The van der Waals surface area contributed by atoms with E-state index < -0.39 is 65.8 Å². The molecular weight excluding hydrogens is 823 g/mol. The van der Waals surface area contributed by atoms with Gasteiger partial charge in [0.15, 0.2) is 0 Å². The minimum Gasteiger partial charge on any atom is -0.456 e. The van der Waals surface area contributed by atoms with E-state index in [1.54, 1.807) is 30.0 Å². The standard InChI is InChI=1S/C61H39N3OS/c1-4-17-40(18-5-1)62(41-19-6-2-7-20-41)43-32-35-56-48(37-43)49-38-44(33-36-57(49)65-56)63(42-21-8-3-9-22-42)45-31-34-47-46-23-10-11-24-50(46)61(53(47)39-45)51-25-12-13-27-54(51)64-55-28-14-15-29-58(55)66-59-30-16-26-52(61)60(59)64/h1-39H/i1D,2D,4D,5D,6D,7D,17D,18D,19D,20D. The van der Waals surface area contributed by atoms with E-state index in [9.17, 15) is 0 Å². The molecular formula is C61H39N3OS. The highest BCUT2D eigenvalue weighted by molar-refractivity contribution is 7.99. The lowest BCUT2D eigenvalue weighted by molar-refractivity contribution is 0.669. The summed E-state index contributed by atoms with van der Waals surface area (Å²) in [4.78, 5) is 8.22. The van der Waals surface area contributed by atoms with E-state index in [4.69, 9.17) is 18.1 Å². The molecule has 10 aromatic carbocycles. The SMILES string of the molecule is [2H]c1c([2H])c([2H])c(N(c2ccc3oc4ccc(N(c5ccccc5)c5ccc6c(c5)C5(c7ccccc7-6)c6ccccc6N6c7ccccc7Sc7cccc5c76)cc4c3c2)c2c([2H])c([2H])c([2H])c([2H])c2[2H])c([2H])c1[2H]. The molecule has 66 heavy (non-hydrogen) atoms. The molecule has 4 nitrogen and oxygen atoms in total. The zero-order chi connectivity index (χ0) is 52.1. The van der Waals surface area contributed by atoms with E-state index in [0.717, 1.165) is 39.6 Å². The number of para-hydroxylation sites is 6. The Morgan fingerprint density at radius 3 is 1.68 bits per heavy atom. The smallest absolute Gasteiger partial charge is 0.135 e. The number of hydrogen-bond acceptors (Lipinski definition) is 5. The zero-order valence-electron chi connectivity index (χ0n) is 44.9. The van der Waals surface area contributed by atoms with Crippen LogP contribution in [0.5, 0.6) is 0 Å². The second-order valence-corrected chi connectivity index (χ2v) is 17.6. The van der Waals surface area contributed by atoms with E-state index in [1.165, 1.54) is 42.6 Å². The summed E-state index contributed by atoms with van der Waals surface area (Å²) in [5, 5.41) is 1.25. The topological polar surface area (TPSA) is 22.9 Å². The summed E-state index contributed by atoms with van der Waals surface area (Å²) in [6.07, 6.45) is 0. The van der Waals surface area contributed by atoms with Crippen molar-refractivity contribution in [2.75, 3.05) is 14.7 Å². The van der Waals surface area contributed by atoms with Crippen LogP contribution in [-0.2, 0) is 5.41 Å². The molecule has 0 saturated heterocycles. The number of rotatable bonds is 6. The maximum absolute atomic E-state index is 9.04. The number of nitrogens with zero attached hydrogens (tertiary/aromatic N) is 3. The van der Waals surface area contributed by atoms with Gasteiger partial charge in [0, 0.05) is 54.7 Å². The Hall–Kier alpha value is -8.25. The molecule has 5 heteroatoms. The van der Waals surface area contributed by atoms with Crippen LogP contribution in [0.25, 0.3) is 33.1 Å². The predicted molar refractivity (Wildman–Crippen MR) is 273 cm³/mol. The van der Waals surface area contributed by atoms with Crippen LogP contribution in [0.3, 0.4) is 0 Å². The molecule has 1 aliphatic carbocycles. The zero-order valence-corrected chi connectivity index (χ0v) is 35.7. The lowest BCUT2D eigenvalue weighted by Crippen LogP contribution is -2.37. The summed E-state index contributed by atoms with van der Waals surface area (Å²) in [6.45, 7) is 0. The van der Waals surface area contributed by atoms with Crippen LogP contribution in [0.1, 0.15) is 36.0 Å². The molecule has 0 N–H and O–H groups in total. The first-order valence-corrected chi connectivity index (χ1v) is 22.5. The quantitative estimate of drug-likeness (QED) is 0.166. The van der Waals surface area contributed by atoms with Crippen LogP contribution in [-0.4, -0.2) is 0 Å². The molecule has 2 aliphatic heterocycles. The summed E-state index contributed by atoms with van der Waals surface area (Å²) in [5.74, 6) is 0. The van der Waals surface area contributed by atoms with Crippen molar-refractivity contribution < 1.29 is 18.1 Å². The van der Waals surface area contributed by atoms with Gasteiger partial charge in [0.25, 0.3) is 0 Å². The van der Waals surface area contributed by atoms with Gasteiger partial charge in [-0.15, -0.1) is 0 Å². The highest BCUT2D eigenvalue weighted by Crippen LogP contribution is 2.67. The Bertz CT molecular complexity index is 4210. The number of hydrogen-bond donors (Lipinski definition) is 0. The average molecular weight is 872 g/mol. The van der Waals surface area contributed by atoms with E-state index in [0.29, 0.717) is 21.9 Å². The van der Waals surface area contributed by atoms with Crippen molar-refractivity contribution in [3.63, 3.8) is 0 Å². The Kier molecular flexibility index (Phi) is 6.21. The summed E-state index contributed by atoms with van der Waals surface area (Å²) in [5.41, 5.74) is 12.8. The molecule has 3 aliphatic rings. The largest absolute Gasteiger partial charge is 0.456 e. The van der Waals surface area contributed by atoms with Gasteiger partial charge in [-0.1, -0.05) is 139 Å². The Labute approximate surface area is 401 Å². The molecule has 1 spiro atoms. The van der Waals surface area contributed by atoms with Crippen LogP contribution in [0.4, 0.5) is 51.2 Å². The van der Waals surface area contributed by atoms with Gasteiger partial charge in [-0.05, 0) is 142 Å². The third kappa shape index (κ3) is 5.29. The third-order valence-corrected chi connectivity index (χ3v) is 14.3. The third-order valence-electron chi connectivity index (χ3n) is 13.2. The number of benzene rings is 10. The molecule has 0 amide bonds. The first-order chi connectivity index (χ1) is 36.9. The molecule has 3 heterocycles. The van der Waals surface area contributed by atoms with Crippen molar-refractivity contribution >= 4 is 84.9 Å². The molecule has 0 bridgehead atoms. The first-order valence-electron chi connectivity index (χ1n) is 26.7. The molecule has 0 radical (unpaired) electrons. The highest BCUT2D eigenvalue weighted by atomic mass is 32.2. The maximum Gasteiger partial charge on any atom is 0.135 e. The maximum atomic E-state index is 9.04. The predicted octanol–water partition coefficient (Wildman–Crippen LogP) is 17.1. The van der Waals surface area contributed by atoms with Gasteiger partial charge < -0.3 is 19.1 Å². The van der Waals surface area contributed by atoms with E-state index in [2.05, 4.69) is 131 Å². The molecule has 11 aromatic rings. The lowest BCUT2D eigenvalue weighted by Gasteiger charge is -2.47. The minimum atomic E-state index is -0.705. The number of fused-ring (bicyclic) bond motifs is 14. The minimum absolute atomic E-state index is 0.178. The summed E-state index contributed by atoms with van der Waals surface area (Å²) in [7, 11) is 0. The molecule has 1 aromatic heterocycles. The van der Waals surface area contributed by atoms with Gasteiger partial charge in [0.1, 0.15) is 11.2 Å². The summed E-state index contributed by atoms with van der Waals surface area (Å²) < 4.78 is 93.7. The lowest BCUT2D eigenvalue weighted by atomic mass is 9.64. The van der Waals surface area contributed by atoms with E-state index in [1.807, 2.05) is 36.4 Å². The molecule has 1 unspecified atom stereocenters. The molecule has 310 valence electrons. The van der Waals surface area contributed by atoms with Crippen LogP contribution >= 0.6 is 11.8 Å². The fraction of sp³-hybridized carbons (Fsp3) is 0.0164. The fourth-order valence-electron chi connectivity index (χ4n) is 10.6. The van der Waals surface area contributed by atoms with Gasteiger partial charge in [0.05, 0.1) is 36.2 Å². The molecule has 14 rings (SSSR count). The van der Waals surface area contributed by atoms with Crippen LogP contribution < -0.4 is 14.7 Å². The van der Waals surface area contributed by atoms with Gasteiger partial charge in [-0.25, -0.2) is 0 Å². The first kappa shape index (κ1) is 28.5. The monoisotopic (exact) mass is 871 g/mol. The summed E-state index contributed by atoms with van der Waals surface area (Å²) in [6, 6.07) is 54.4. The normalized spacial score (nSPS) is 17.1. The van der Waals surface area contributed by atoms with E-state index >= 15 is 0 Å². The van der Waals surface area contributed by atoms with Crippen molar-refractivity contribution in [2.24, 2.45) is 0 Å². The molecule has 1 atom stereocenters. The van der Waals surface area contributed by atoms with Gasteiger partial charge >= 0.3 is 0 Å². The second-order valence-electron chi connectivity index (χ2n) is 16.5. The highest BCUT2D eigenvalue weighted by Gasteiger charge is 2.53. The van der Waals surface area contributed by atoms with Crippen LogP contribution in [0.2, 0.25) is 0 Å². The van der Waals surface area contributed by atoms with E-state index in [-0.39, 0.29) is 17.1 Å². The van der Waals surface area contributed by atoms with Gasteiger partial charge in [0.2, 0.25) is 0 Å². The van der Waals surface area contributed by atoms with Gasteiger partial charge in [-0.3, -0.25) is 0 Å². The van der Waals surface area contributed by atoms with Gasteiger partial charge in [-0.2, -0.15) is 0 Å². The number of anilines is 9. The Morgan fingerprint density at radius 1 is 0.409 bits per heavy atom. The average Bonchev–Trinajstić information content (AvgIpc) is 4.03. The van der Waals surface area contributed by atoms with Crippen LogP contribution in [0.15, 0.2) is 251 Å². The Morgan fingerprint density at radius 2 is 0.955 bits per heavy atom. The second kappa shape index (κ2) is 14.4. The van der Waals surface area contributed by atoms with Crippen molar-refractivity contribution in [2.45, 2.75) is 15.2 Å². The Balaban J connectivity index is 0.985. The van der Waals surface area contributed by atoms with Crippen molar-refractivity contribution in [1.29, 1.82) is 0 Å². The molecule has 0 saturated carbocycles. The van der Waals surface area contributed by atoms with Crippen molar-refractivity contribution in [1.82, 2.24) is 0 Å². The number of furan rings is 1. The molecule has 0 fully saturated rings. The summed E-state index contributed by atoms with van der Waals surface area (Å²) >= 11 is 1.80. The fourth-order valence-corrected chi connectivity index (χ4v) is 11.7. The van der Waals surface area contributed by atoms with Crippen molar-refractivity contribution in [3.8, 4) is 11.1 Å².